The zero-order valence-corrected chi connectivity index (χ0v) is 12.0. The van der Waals surface area contributed by atoms with Crippen LogP contribution in [0.1, 0.15) is 18.1 Å². The molecule has 0 aliphatic carbocycles. The quantitative estimate of drug-likeness (QED) is 0.494. The van der Waals surface area contributed by atoms with Crippen molar-refractivity contribution in [1.29, 1.82) is 5.26 Å². The first-order valence-corrected chi connectivity index (χ1v) is 6.50. The number of thiocarbonyl (C=S) groups is 1. The SMILES string of the molecule is CC(=O)Oc1ccc(C(=S)Oc2ccc(C#N)cc2)cc1. The summed E-state index contributed by atoms with van der Waals surface area (Å²) in [6, 6.07) is 15.4. The van der Waals surface area contributed by atoms with Crippen molar-refractivity contribution in [3.63, 3.8) is 0 Å². The first-order valence-electron chi connectivity index (χ1n) is 6.09. The Morgan fingerprint density at radius 2 is 1.52 bits per heavy atom. The molecule has 0 saturated carbocycles. The first kappa shape index (κ1) is 14.7. The van der Waals surface area contributed by atoms with Gasteiger partial charge in [0, 0.05) is 12.5 Å². The lowest BCUT2D eigenvalue weighted by Crippen LogP contribution is -2.07. The summed E-state index contributed by atoms with van der Waals surface area (Å²) in [5, 5.41) is 9.02. The predicted molar refractivity (Wildman–Crippen MR) is 81.2 cm³/mol. The molecule has 0 bridgehead atoms. The van der Waals surface area contributed by atoms with Gasteiger partial charge in [0.2, 0.25) is 0 Å². The topological polar surface area (TPSA) is 59.3 Å². The summed E-state index contributed by atoms with van der Waals surface area (Å²) in [5.41, 5.74) is 1.25. The second-order valence-corrected chi connectivity index (χ2v) is 4.51. The van der Waals surface area contributed by atoms with Crippen LogP contribution in [0.5, 0.6) is 11.5 Å². The zero-order chi connectivity index (χ0) is 15.2. The molecule has 21 heavy (non-hydrogen) atoms. The lowest BCUT2D eigenvalue weighted by Gasteiger charge is -2.08. The normalized spacial score (nSPS) is 9.52. The van der Waals surface area contributed by atoms with Gasteiger partial charge in [0.15, 0.2) is 5.05 Å². The van der Waals surface area contributed by atoms with Gasteiger partial charge in [-0.3, -0.25) is 4.79 Å². The maximum atomic E-state index is 10.8. The van der Waals surface area contributed by atoms with Gasteiger partial charge in [0.05, 0.1) is 11.6 Å². The zero-order valence-electron chi connectivity index (χ0n) is 11.2. The van der Waals surface area contributed by atoms with Crippen LogP contribution in [0, 0.1) is 11.3 Å². The van der Waals surface area contributed by atoms with Crippen LogP contribution in [-0.2, 0) is 4.79 Å². The fraction of sp³-hybridized carbons (Fsp3) is 0.0625. The number of hydrogen-bond acceptors (Lipinski definition) is 5. The van der Waals surface area contributed by atoms with Crippen LogP contribution in [-0.4, -0.2) is 11.0 Å². The molecular formula is C16H11NO3S. The molecular weight excluding hydrogens is 286 g/mol. The lowest BCUT2D eigenvalue weighted by molar-refractivity contribution is -0.131. The van der Waals surface area contributed by atoms with Gasteiger partial charge in [-0.25, -0.2) is 0 Å². The number of benzene rings is 2. The van der Waals surface area contributed by atoms with Crippen molar-refractivity contribution < 1.29 is 14.3 Å². The van der Waals surface area contributed by atoms with Gasteiger partial charge in [-0.1, -0.05) is 0 Å². The van der Waals surface area contributed by atoms with Crippen LogP contribution in [0.25, 0.3) is 0 Å². The van der Waals surface area contributed by atoms with Crippen molar-refractivity contribution in [2.75, 3.05) is 0 Å². The number of ether oxygens (including phenoxy) is 2. The Labute approximate surface area is 127 Å². The highest BCUT2D eigenvalue weighted by Gasteiger charge is 2.05. The summed E-state index contributed by atoms with van der Waals surface area (Å²) in [4.78, 5) is 10.8. The van der Waals surface area contributed by atoms with Crippen molar-refractivity contribution in [3.8, 4) is 17.6 Å². The minimum atomic E-state index is -0.376. The van der Waals surface area contributed by atoms with Crippen LogP contribution >= 0.6 is 12.2 Å². The van der Waals surface area contributed by atoms with Crippen LogP contribution in [0.3, 0.4) is 0 Å². The van der Waals surface area contributed by atoms with Gasteiger partial charge in [0.1, 0.15) is 11.5 Å². The van der Waals surface area contributed by atoms with E-state index in [1.54, 1.807) is 48.5 Å². The van der Waals surface area contributed by atoms with Crippen LogP contribution in [0.15, 0.2) is 48.5 Å². The molecule has 0 aliphatic heterocycles. The molecule has 0 atom stereocenters. The highest BCUT2D eigenvalue weighted by molar-refractivity contribution is 7.80. The number of nitriles is 1. The molecule has 0 amide bonds. The molecule has 2 aromatic carbocycles. The van der Waals surface area contributed by atoms with E-state index in [2.05, 4.69) is 0 Å². The highest BCUT2D eigenvalue weighted by Crippen LogP contribution is 2.17. The fourth-order valence-electron chi connectivity index (χ4n) is 1.59. The Hall–Kier alpha value is -2.71. The van der Waals surface area contributed by atoms with E-state index in [1.165, 1.54) is 6.92 Å². The van der Waals surface area contributed by atoms with Crippen molar-refractivity contribution in [1.82, 2.24) is 0 Å². The van der Waals surface area contributed by atoms with E-state index >= 15 is 0 Å². The number of nitrogens with zero attached hydrogens (tertiary/aromatic N) is 1. The molecule has 2 rings (SSSR count). The smallest absolute Gasteiger partial charge is 0.308 e. The Balaban J connectivity index is 2.05. The molecule has 0 aromatic heterocycles. The summed E-state index contributed by atoms with van der Waals surface area (Å²) < 4.78 is 10.5. The molecule has 0 unspecified atom stereocenters. The molecule has 0 radical (unpaired) electrons. The minimum absolute atomic E-state index is 0.300. The molecule has 104 valence electrons. The highest BCUT2D eigenvalue weighted by atomic mass is 32.1. The number of carbonyl (C=O) groups is 1. The second-order valence-electron chi connectivity index (χ2n) is 4.14. The molecule has 0 fully saturated rings. The average Bonchev–Trinajstić information content (AvgIpc) is 2.48. The van der Waals surface area contributed by atoms with E-state index in [1.807, 2.05) is 6.07 Å². The van der Waals surface area contributed by atoms with Crippen molar-refractivity contribution in [2.45, 2.75) is 6.92 Å². The van der Waals surface area contributed by atoms with E-state index in [4.69, 9.17) is 27.0 Å². The van der Waals surface area contributed by atoms with Crippen LogP contribution < -0.4 is 9.47 Å². The summed E-state index contributed by atoms with van der Waals surface area (Å²) in [5.74, 6) is 0.634. The van der Waals surface area contributed by atoms with Crippen molar-refractivity contribution in [2.24, 2.45) is 0 Å². The molecule has 0 N–H and O–H groups in total. The maximum absolute atomic E-state index is 10.8. The summed E-state index contributed by atoms with van der Waals surface area (Å²) in [6.07, 6.45) is 0. The number of esters is 1. The minimum Gasteiger partial charge on any atom is -0.445 e. The second kappa shape index (κ2) is 6.64. The molecule has 0 aliphatic rings. The predicted octanol–water partition coefficient (Wildman–Crippen LogP) is 3.24. The largest absolute Gasteiger partial charge is 0.445 e. The van der Waals surface area contributed by atoms with Crippen LogP contribution in [0.4, 0.5) is 0 Å². The molecule has 0 saturated heterocycles. The third-order valence-electron chi connectivity index (χ3n) is 2.55. The molecule has 0 spiro atoms. The summed E-state index contributed by atoms with van der Waals surface area (Å²) >= 11 is 5.20. The number of rotatable bonds is 3. The fourth-order valence-corrected chi connectivity index (χ4v) is 1.82. The first-order chi connectivity index (χ1) is 10.1. The van der Waals surface area contributed by atoms with E-state index in [-0.39, 0.29) is 5.97 Å². The molecule has 4 nitrogen and oxygen atoms in total. The third kappa shape index (κ3) is 4.13. The van der Waals surface area contributed by atoms with E-state index in [0.717, 1.165) is 0 Å². The van der Waals surface area contributed by atoms with E-state index < -0.39 is 0 Å². The van der Waals surface area contributed by atoms with Gasteiger partial charge in [-0.15, -0.1) is 0 Å². The van der Waals surface area contributed by atoms with Crippen molar-refractivity contribution >= 4 is 23.2 Å². The molecule has 0 heterocycles. The lowest BCUT2D eigenvalue weighted by atomic mass is 10.2. The number of carbonyl (C=O) groups excluding carboxylic acids is 1. The van der Waals surface area contributed by atoms with Gasteiger partial charge in [0.25, 0.3) is 0 Å². The monoisotopic (exact) mass is 297 g/mol. The summed E-state index contributed by atoms with van der Waals surface area (Å²) in [6.45, 7) is 1.34. The Bertz CT molecular complexity index is 700. The Morgan fingerprint density at radius 1 is 1.00 bits per heavy atom. The van der Waals surface area contributed by atoms with Crippen molar-refractivity contribution in [3.05, 3.63) is 59.7 Å². The third-order valence-corrected chi connectivity index (χ3v) is 2.86. The van der Waals surface area contributed by atoms with Crippen LogP contribution in [0.2, 0.25) is 0 Å². The Morgan fingerprint density at radius 3 is 2.05 bits per heavy atom. The van der Waals surface area contributed by atoms with Gasteiger partial charge < -0.3 is 9.47 Å². The molecule has 5 heteroatoms. The van der Waals surface area contributed by atoms with Gasteiger partial charge in [-0.05, 0) is 60.7 Å². The van der Waals surface area contributed by atoms with E-state index in [9.17, 15) is 4.79 Å². The van der Waals surface area contributed by atoms with Gasteiger partial charge in [-0.2, -0.15) is 5.26 Å². The average molecular weight is 297 g/mol. The summed E-state index contributed by atoms with van der Waals surface area (Å²) in [7, 11) is 0. The maximum Gasteiger partial charge on any atom is 0.308 e. The van der Waals surface area contributed by atoms with E-state index in [0.29, 0.717) is 27.7 Å². The molecule has 2 aromatic rings. The Kier molecular flexibility index (Phi) is 4.64. The van der Waals surface area contributed by atoms with Gasteiger partial charge >= 0.3 is 5.97 Å². The number of hydrogen-bond donors (Lipinski definition) is 0. The standard InChI is InChI=1S/C16H11NO3S/c1-11(18)19-14-8-4-13(5-9-14)16(21)20-15-6-2-12(10-17)3-7-15/h2-9H,1H3.